The molecule has 2 atom stereocenters. The number of hydrogen-bond donors (Lipinski definition) is 5. The van der Waals surface area contributed by atoms with E-state index in [9.17, 15) is 18.0 Å². The molecule has 0 spiro atoms. The number of carbonyl (C=O) groups excluding carboxylic acids is 2. The Bertz CT molecular complexity index is 994. The molecule has 2 amide bonds. The first-order chi connectivity index (χ1) is 13.9. The molecule has 30 heavy (non-hydrogen) atoms. The fraction of sp³-hybridized carbons (Fsp3) is 0.400. The van der Waals surface area contributed by atoms with Gasteiger partial charge in [0.25, 0.3) is 11.8 Å². The van der Waals surface area contributed by atoms with E-state index in [1.807, 2.05) is 0 Å². The van der Waals surface area contributed by atoms with Crippen LogP contribution in [0.4, 0.5) is 0 Å². The van der Waals surface area contributed by atoms with Crippen LogP contribution < -0.4 is 10.8 Å². The number of benzene rings is 1. The minimum absolute atomic E-state index is 0.0939. The molecule has 0 aliphatic heterocycles. The van der Waals surface area contributed by atoms with Gasteiger partial charge in [-0.1, -0.05) is 11.8 Å². The standard InChI is InChI=1S/C20H24N2O7S/c1-20(2,30(3,28)29)17(19(26)22-27)21-18(25)15-11-9-14(10-12-15)7-5-4-6-8-16(24)13-23/h9-12,16-17,23-24,27H,8,13H2,1-3H3,(H,21,25)(H,22,26). The lowest BCUT2D eigenvalue weighted by Gasteiger charge is -2.31. The van der Waals surface area contributed by atoms with Crippen molar-refractivity contribution in [2.75, 3.05) is 12.9 Å². The van der Waals surface area contributed by atoms with Crippen LogP contribution in [0.2, 0.25) is 0 Å². The Morgan fingerprint density at radius 2 is 1.77 bits per heavy atom. The van der Waals surface area contributed by atoms with Gasteiger partial charge in [-0.05, 0) is 50.0 Å². The largest absolute Gasteiger partial charge is 0.394 e. The van der Waals surface area contributed by atoms with E-state index in [4.69, 9.17) is 15.4 Å². The summed E-state index contributed by atoms with van der Waals surface area (Å²) in [6.45, 7) is 2.15. The zero-order chi connectivity index (χ0) is 22.9. The van der Waals surface area contributed by atoms with Crippen LogP contribution in [0.3, 0.4) is 0 Å². The molecule has 0 fully saturated rings. The third-order valence-corrected chi connectivity index (χ3v) is 6.50. The van der Waals surface area contributed by atoms with Gasteiger partial charge in [0.05, 0.1) is 17.5 Å². The van der Waals surface area contributed by atoms with Crippen molar-refractivity contribution in [3.63, 3.8) is 0 Å². The molecule has 9 nitrogen and oxygen atoms in total. The molecule has 1 aromatic carbocycles. The van der Waals surface area contributed by atoms with Gasteiger partial charge in [0.15, 0.2) is 9.84 Å². The molecule has 0 aliphatic carbocycles. The lowest BCUT2D eigenvalue weighted by Crippen LogP contribution is -2.60. The average Bonchev–Trinajstić information content (AvgIpc) is 2.70. The Kier molecular flexibility index (Phi) is 9.02. The van der Waals surface area contributed by atoms with Gasteiger partial charge in [0, 0.05) is 23.8 Å². The molecule has 5 N–H and O–H groups in total. The fourth-order valence-electron chi connectivity index (χ4n) is 2.13. The van der Waals surface area contributed by atoms with E-state index >= 15 is 0 Å². The smallest absolute Gasteiger partial charge is 0.267 e. The van der Waals surface area contributed by atoms with Crippen molar-refractivity contribution in [2.45, 2.75) is 37.2 Å². The summed E-state index contributed by atoms with van der Waals surface area (Å²) < 4.78 is 22.3. The minimum Gasteiger partial charge on any atom is -0.394 e. The molecule has 1 aromatic rings. The number of sulfone groups is 1. The zero-order valence-corrected chi connectivity index (χ0v) is 17.6. The number of aliphatic hydroxyl groups is 2. The van der Waals surface area contributed by atoms with Gasteiger partial charge < -0.3 is 15.5 Å². The van der Waals surface area contributed by atoms with Crippen LogP contribution in [0.1, 0.15) is 36.2 Å². The summed E-state index contributed by atoms with van der Waals surface area (Å²) in [5, 5.41) is 29.1. The third kappa shape index (κ3) is 6.87. The first-order valence-corrected chi connectivity index (χ1v) is 10.7. The Morgan fingerprint density at radius 1 is 1.17 bits per heavy atom. The highest BCUT2D eigenvalue weighted by Gasteiger charge is 2.44. The Morgan fingerprint density at radius 3 is 2.27 bits per heavy atom. The summed E-state index contributed by atoms with van der Waals surface area (Å²) in [5.41, 5.74) is 2.07. The molecule has 0 bridgehead atoms. The Labute approximate surface area is 175 Å². The Balaban J connectivity index is 2.95. The van der Waals surface area contributed by atoms with Crippen LogP contribution in [0.25, 0.3) is 0 Å². The molecule has 0 saturated carbocycles. The molecular weight excluding hydrogens is 412 g/mol. The van der Waals surface area contributed by atoms with Crippen molar-refractivity contribution in [3.8, 4) is 23.7 Å². The lowest BCUT2D eigenvalue weighted by molar-refractivity contribution is -0.131. The number of nitrogens with one attached hydrogen (secondary N) is 2. The first kappa shape index (κ1) is 25.1. The fourth-order valence-corrected chi connectivity index (χ4v) is 2.73. The first-order valence-electron chi connectivity index (χ1n) is 8.76. The normalized spacial score (nSPS) is 13.0. The summed E-state index contributed by atoms with van der Waals surface area (Å²) >= 11 is 0. The van der Waals surface area contributed by atoms with E-state index in [1.165, 1.54) is 43.6 Å². The van der Waals surface area contributed by atoms with Crippen molar-refractivity contribution in [1.82, 2.24) is 10.8 Å². The van der Waals surface area contributed by atoms with Crippen LogP contribution in [0.15, 0.2) is 24.3 Å². The molecule has 0 saturated heterocycles. The molecule has 0 heterocycles. The summed E-state index contributed by atoms with van der Waals surface area (Å²) in [4.78, 5) is 24.4. The summed E-state index contributed by atoms with van der Waals surface area (Å²) in [7, 11) is -3.76. The van der Waals surface area contributed by atoms with Crippen LogP contribution in [-0.2, 0) is 14.6 Å². The highest BCUT2D eigenvalue weighted by molar-refractivity contribution is 7.92. The maximum absolute atomic E-state index is 12.5. The summed E-state index contributed by atoms with van der Waals surface area (Å²) in [6, 6.07) is 4.41. The minimum atomic E-state index is -3.76. The van der Waals surface area contributed by atoms with Gasteiger partial charge >= 0.3 is 0 Å². The molecule has 2 unspecified atom stereocenters. The second kappa shape index (κ2) is 10.8. The van der Waals surface area contributed by atoms with Gasteiger partial charge in [0.1, 0.15) is 6.04 Å². The number of amides is 2. The number of hydrogen-bond acceptors (Lipinski definition) is 7. The van der Waals surface area contributed by atoms with E-state index in [1.54, 1.807) is 0 Å². The summed E-state index contributed by atoms with van der Waals surface area (Å²) in [6.07, 6.45) is 0.107. The second-order valence-corrected chi connectivity index (χ2v) is 9.52. The molecule has 10 heteroatoms. The molecule has 0 radical (unpaired) electrons. The average molecular weight is 436 g/mol. The summed E-state index contributed by atoms with van der Waals surface area (Å²) in [5.74, 6) is 8.65. The van der Waals surface area contributed by atoms with Crippen LogP contribution in [0.5, 0.6) is 0 Å². The number of aliphatic hydroxyl groups excluding tert-OH is 2. The highest BCUT2D eigenvalue weighted by atomic mass is 32.2. The number of rotatable bonds is 7. The topological polar surface area (TPSA) is 153 Å². The van der Waals surface area contributed by atoms with E-state index in [-0.39, 0.29) is 18.6 Å². The predicted octanol–water partition coefficient (Wildman–Crippen LogP) is -0.788. The van der Waals surface area contributed by atoms with E-state index < -0.39 is 38.5 Å². The maximum atomic E-state index is 12.5. The maximum Gasteiger partial charge on any atom is 0.267 e. The van der Waals surface area contributed by atoms with Gasteiger partial charge in [0.2, 0.25) is 0 Å². The van der Waals surface area contributed by atoms with Crippen molar-refractivity contribution >= 4 is 21.7 Å². The van der Waals surface area contributed by atoms with Crippen LogP contribution in [-0.4, -0.2) is 65.4 Å². The molecular formula is C20H24N2O7S. The molecule has 0 aliphatic rings. The quantitative estimate of drug-likeness (QED) is 0.213. The van der Waals surface area contributed by atoms with Gasteiger partial charge in [-0.3, -0.25) is 14.8 Å². The molecule has 0 aromatic heterocycles. The van der Waals surface area contributed by atoms with Gasteiger partial charge in [-0.25, -0.2) is 13.9 Å². The second-order valence-electron chi connectivity index (χ2n) is 6.93. The van der Waals surface area contributed by atoms with Crippen molar-refractivity contribution in [2.24, 2.45) is 0 Å². The zero-order valence-electron chi connectivity index (χ0n) is 16.8. The lowest BCUT2D eigenvalue weighted by atomic mass is 10.0. The van der Waals surface area contributed by atoms with Crippen molar-refractivity contribution < 1.29 is 33.4 Å². The van der Waals surface area contributed by atoms with Crippen molar-refractivity contribution in [1.29, 1.82) is 0 Å². The Hall–Kier alpha value is -2.89. The van der Waals surface area contributed by atoms with Crippen LogP contribution >= 0.6 is 0 Å². The van der Waals surface area contributed by atoms with E-state index in [2.05, 4.69) is 29.0 Å². The highest BCUT2D eigenvalue weighted by Crippen LogP contribution is 2.21. The van der Waals surface area contributed by atoms with Crippen LogP contribution in [0, 0.1) is 23.7 Å². The van der Waals surface area contributed by atoms with E-state index in [0.29, 0.717) is 5.56 Å². The molecule has 1 rings (SSSR count). The van der Waals surface area contributed by atoms with E-state index in [0.717, 1.165) is 6.26 Å². The van der Waals surface area contributed by atoms with Gasteiger partial charge in [-0.2, -0.15) is 0 Å². The number of hydroxylamine groups is 1. The SMILES string of the molecule is CC(C)(C(NC(=O)c1ccc(C#CC#CCC(O)CO)cc1)C(=O)NO)S(C)(=O)=O. The third-order valence-electron chi connectivity index (χ3n) is 4.35. The predicted molar refractivity (Wildman–Crippen MR) is 109 cm³/mol. The number of carbonyl (C=O) groups is 2. The van der Waals surface area contributed by atoms with Gasteiger partial charge in [-0.15, -0.1) is 0 Å². The monoisotopic (exact) mass is 436 g/mol. The molecule has 162 valence electrons. The van der Waals surface area contributed by atoms with Crippen molar-refractivity contribution in [3.05, 3.63) is 35.4 Å².